The largest absolute Gasteiger partial charge is 0.545 e. The summed E-state index contributed by atoms with van der Waals surface area (Å²) in [5.74, 6) is -1.10. The molecule has 5 nitrogen and oxygen atoms in total. The van der Waals surface area contributed by atoms with Crippen molar-refractivity contribution in [2.75, 3.05) is 0 Å². The molecule has 0 aromatic rings. The van der Waals surface area contributed by atoms with E-state index in [0.717, 1.165) is 37.1 Å². The second-order valence-electron chi connectivity index (χ2n) is 5.51. The highest BCUT2D eigenvalue weighted by molar-refractivity contribution is 5.97. The number of carboxylic acid groups (broad SMARTS) is 1. The fourth-order valence-electron chi connectivity index (χ4n) is 3.05. The number of carboxylic acids is 1. The van der Waals surface area contributed by atoms with Gasteiger partial charge in [0.25, 0.3) is 5.91 Å². The third-order valence-electron chi connectivity index (χ3n) is 3.83. The number of carbonyl (C=O) groups excluding carboxylic acids is 2. The lowest BCUT2D eigenvalue weighted by molar-refractivity contribution is -0.297. The van der Waals surface area contributed by atoms with E-state index in [1.807, 2.05) is 0 Å². The smallest absolute Gasteiger partial charge is 0.267 e. The number of amides is 1. The van der Waals surface area contributed by atoms with Crippen LogP contribution >= 0.6 is 0 Å². The summed E-state index contributed by atoms with van der Waals surface area (Å²) >= 11 is 0. The van der Waals surface area contributed by atoms with E-state index in [0.29, 0.717) is 11.8 Å². The zero-order valence-electron chi connectivity index (χ0n) is 11.3. The molecule has 0 radical (unpaired) electrons. The first-order valence-corrected chi connectivity index (χ1v) is 6.80. The van der Waals surface area contributed by atoms with E-state index >= 15 is 0 Å². The van der Waals surface area contributed by atoms with E-state index in [4.69, 9.17) is 0 Å². The standard InChI is InChI=1S/C14H20N2O3/c1-9(2)14-10-5-3-4-6-11(10)15-16(14)12(17)7-8-13(18)19/h7-10,14H,3-6H2,1-2H3,(H,18,19)/p-1/b8-7+/t10-,14+/m1/s1. The van der Waals surface area contributed by atoms with Crippen molar-refractivity contribution in [3.63, 3.8) is 0 Å². The lowest BCUT2D eigenvalue weighted by Crippen LogP contribution is -2.41. The van der Waals surface area contributed by atoms with Gasteiger partial charge in [-0.05, 0) is 31.3 Å². The summed E-state index contributed by atoms with van der Waals surface area (Å²) in [5, 5.41) is 16.3. The number of carbonyl (C=O) groups is 2. The van der Waals surface area contributed by atoms with Crippen LogP contribution in [0.2, 0.25) is 0 Å². The van der Waals surface area contributed by atoms with Crippen molar-refractivity contribution < 1.29 is 14.7 Å². The van der Waals surface area contributed by atoms with Gasteiger partial charge in [0.1, 0.15) is 0 Å². The van der Waals surface area contributed by atoms with Gasteiger partial charge < -0.3 is 9.90 Å². The van der Waals surface area contributed by atoms with Crippen LogP contribution in [0.3, 0.4) is 0 Å². The molecule has 0 saturated heterocycles. The Morgan fingerprint density at radius 3 is 2.74 bits per heavy atom. The number of fused-ring (bicyclic) bond motifs is 1. The SMILES string of the molecule is CC(C)[C@H]1[C@@H]2CCCCC2=NN1C(=O)/C=C/C(=O)[O-]. The summed E-state index contributed by atoms with van der Waals surface area (Å²) in [6.07, 6.45) is 6.10. The number of hydrogen-bond donors (Lipinski definition) is 0. The Labute approximate surface area is 113 Å². The van der Waals surface area contributed by atoms with Crippen LogP contribution < -0.4 is 5.11 Å². The van der Waals surface area contributed by atoms with Gasteiger partial charge in [0, 0.05) is 17.7 Å². The lowest BCUT2D eigenvalue weighted by Gasteiger charge is -2.30. The summed E-state index contributed by atoms with van der Waals surface area (Å²) in [5.41, 5.74) is 1.10. The van der Waals surface area contributed by atoms with Crippen LogP contribution in [0.4, 0.5) is 0 Å². The predicted molar refractivity (Wildman–Crippen MR) is 69.0 cm³/mol. The molecule has 2 rings (SSSR count). The van der Waals surface area contributed by atoms with E-state index in [2.05, 4.69) is 18.9 Å². The van der Waals surface area contributed by atoms with Crippen molar-refractivity contribution in [3.05, 3.63) is 12.2 Å². The van der Waals surface area contributed by atoms with Gasteiger partial charge in [-0.15, -0.1) is 0 Å². The molecule has 0 spiro atoms. The molecule has 0 bridgehead atoms. The molecule has 1 amide bonds. The maximum Gasteiger partial charge on any atom is 0.267 e. The Morgan fingerprint density at radius 1 is 1.37 bits per heavy atom. The van der Waals surface area contributed by atoms with Gasteiger partial charge in [-0.3, -0.25) is 4.79 Å². The van der Waals surface area contributed by atoms with Gasteiger partial charge in [-0.25, -0.2) is 5.01 Å². The van der Waals surface area contributed by atoms with Gasteiger partial charge in [0.15, 0.2) is 0 Å². The minimum absolute atomic E-state index is 0.0502. The van der Waals surface area contributed by atoms with Crippen molar-refractivity contribution in [1.29, 1.82) is 0 Å². The van der Waals surface area contributed by atoms with Crippen LogP contribution in [0.25, 0.3) is 0 Å². The second-order valence-corrected chi connectivity index (χ2v) is 5.51. The number of aliphatic carboxylic acids is 1. The quantitative estimate of drug-likeness (QED) is 0.704. The maximum absolute atomic E-state index is 12.0. The molecule has 1 saturated carbocycles. The van der Waals surface area contributed by atoms with Crippen molar-refractivity contribution in [3.8, 4) is 0 Å². The van der Waals surface area contributed by atoms with E-state index in [-0.39, 0.29) is 11.9 Å². The molecule has 1 aliphatic heterocycles. The van der Waals surface area contributed by atoms with Gasteiger partial charge in [0.05, 0.1) is 12.0 Å². The first-order valence-electron chi connectivity index (χ1n) is 6.80. The molecule has 1 heterocycles. The van der Waals surface area contributed by atoms with E-state index < -0.39 is 5.97 Å². The first kappa shape index (κ1) is 13.8. The van der Waals surface area contributed by atoms with Crippen LogP contribution in [0.15, 0.2) is 17.3 Å². The van der Waals surface area contributed by atoms with Crippen LogP contribution in [0, 0.1) is 11.8 Å². The summed E-state index contributed by atoms with van der Waals surface area (Å²) in [7, 11) is 0. The minimum atomic E-state index is -1.36. The third kappa shape index (κ3) is 2.85. The highest BCUT2D eigenvalue weighted by Crippen LogP contribution is 2.36. The average molecular weight is 263 g/mol. The Balaban J connectivity index is 2.20. The van der Waals surface area contributed by atoms with Crippen molar-refractivity contribution >= 4 is 17.6 Å². The molecule has 0 unspecified atom stereocenters. The molecule has 5 heteroatoms. The summed E-state index contributed by atoms with van der Waals surface area (Å²) in [6.45, 7) is 4.14. The molecular formula is C14H19N2O3-. The fourth-order valence-corrected chi connectivity index (χ4v) is 3.05. The molecule has 104 valence electrons. The number of nitrogens with zero attached hydrogens (tertiary/aromatic N) is 2. The normalized spacial score (nSPS) is 26.7. The number of rotatable bonds is 3. The maximum atomic E-state index is 12.0. The molecule has 1 fully saturated rings. The van der Waals surface area contributed by atoms with E-state index in [1.54, 1.807) is 0 Å². The van der Waals surface area contributed by atoms with Crippen LogP contribution in [0.5, 0.6) is 0 Å². The predicted octanol–water partition coefficient (Wildman–Crippen LogP) is 0.706. The third-order valence-corrected chi connectivity index (χ3v) is 3.83. The molecule has 2 aliphatic rings. The van der Waals surface area contributed by atoms with Crippen molar-refractivity contribution in [1.82, 2.24) is 5.01 Å². The first-order chi connectivity index (χ1) is 9.00. The van der Waals surface area contributed by atoms with Crippen LogP contribution in [0.1, 0.15) is 39.5 Å². The van der Waals surface area contributed by atoms with Crippen LogP contribution in [-0.2, 0) is 9.59 Å². The minimum Gasteiger partial charge on any atom is -0.545 e. The molecule has 0 aromatic carbocycles. The zero-order valence-corrected chi connectivity index (χ0v) is 11.3. The zero-order chi connectivity index (χ0) is 14.0. The van der Waals surface area contributed by atoms with Gasteiger partial charge in [0.2, 0.25) is 0 Å². The second kappa shape index (κ2) is 5.55. The topological polar surface area (TPSA) is 72.8 Å². The molecule has 1 aliphatic carbocycles. The number of hydrazone groups is 1. The summed E-state index contributed by atoms with van der Waals surface area (Å²) < 4.78 is 0. The van der Waals surface area contributed by atoms with E-state index in [9.17, 15) is 14.7 Å². The molecule has 19 heavy (non-hydrogen) atoms. The fraction of sp³-hybridized carbons (Fsp3) is 0.643. The highest BCUT2D eigenvalue weighted by atomic mass is 16.4. The van der Waals surface area contributed by atoms with Gasteiger partial charge in [-0.1, -0.05) is 20.3 Å². The average Bonchev–Trinajstić information content (AvgIpc) is 2.75. The molecule has 0 aromatic heterocycles. The Bertz CT molecular complexity index is 440. The van der Waals surface area contributed by atoms with E-state index in [1.165, 1.54) is 11.4 Å². The highest BCUT2D eigenvalue weighted by Gasteiger charge is 2.41. The van der Waals surface area contributed by atoms with Gasteiger partial charge >= 0.3 is 0 Å². The Hall–Kier alpha value is -1.65. The van der Waals surface area contributed by atoms with Crippen molar-refractivity contribution in [2.24, 2.45) is 16.9 Å². The molecule has 2 atom stereocenters. The molecule has 0 N–H and O–H groups in total. The van der Waals surface area contributed by atoms with Crippen LogP contribution in [-0.4, -0.2) is 28.6 Å². The van der Waals surface area contributed by atoms with Gasteiger partial charge in [-0.2, -0.15) is 5.10 Å². The summed E-state index contributed by atoms with van der Waals surface area (Å²) in [4.78, 5) is 22.4. The Morgan fingerprint density at radius 2 is 2.11 bits per heavy atom. The summed E-state index contributed by atoms with van der Waals surface area (Å²) in [6, 6.07) is 0.0502. The Kier molecular flexibility index (Phi) is 4.02. The lowest BCUT2D eigenvalue weighted by atomic mass is 9.79. The number of hydrogen-bond acceptors (Lipinski definition) is 4. The molecular weight excluding hydrogens is 244 g/mol. The van der Waals surface area contributed by atoms with Crippen molar-refractivity contribution in [2.45, 2.75) is 45.6 Å². The monoisotopic (exact) mass is 263 g/mol.